The number of carbonyl (C=O) groups excluding carboxylic acids is 2. The maximum Gasteiger partial charge on any atom is 0.268 e. The fourth-order valence-electron chi connectivity index (χ4n) is 2.16. The fraction of sp³-hybridized carbons (Fsp3) is 0.571. The highest BCUT2D eigenvalue weighted by Gasteiger charge is 2.28. The smallest absolute Gasteiger partial charge is 0.268 e. The van der Waals surface area contributed by atoms with Crippen LogP contribution in [0.5, 0.6) is 0 Å². The first-order chi connectivity index (χ1) is 9.43. The normalized spacial score (nSPS) is 15.8. The van der Waals surface area contributed by atoms with E-state index in [4.69, 9.17) is 5.73 Å². The number of rotatable bonds is 5. The Hall–Kier alpha value is -1.98. The molecule has 1 aliphatic carbocycles. The maximum atomic E-state index is 12.3. The van der Waals surface area contributed by atoms with Crippen LogP contribution in [-0.4, -0.2) is 40.9 Å². The number of carbonyl (C=O) groups is 2. The summed E-state index contributed by atoms with van der Waals surface area (Å²) in [6.07, 6.45) is 3.93. The first kappa shape index (κ1) is 14.4. The molecule has 0 bridgehead atoms. The molecule has 6 nitrogen and oxygen atoms in total. The van der Waals surface area contributed by atoms with Gasteiger partial charge in [0.25, 0.3) is 5.91 Å². The summed E-state index contributed by atoms with van der Waals surface area (Å²) in [5.41, 5.74) is 6.87. The van der Waals surface area contributed by atoms with Gasteiger partial charge in [-0.1, -0.05) is 0 Å². The molecule has 1 saturated carbocycles. The van der Waals surface area contributed by atoms with Crippen molar-refractivity contribution >= 4 is 17.5 Å². The highest BCUT2D eigenvalue weighted by Crippen LogP contribution is 2.37. The molecule has 0 saturated heterocycles. The molecule has 2 amide bonds. The lowest BCUT2D eigenvalue weighted by Gasteiger charge is -2.20. The van der Waals surface area contributed by atoms with Gasteiger partial charge in [0.2, 0.25) is 5.91 Å². The number of nitrogen functional groups attached to an aromatic ring is 1. The van der Waals surface area contributed by atoms with Crippen LogP contribution in [0.25, 0.3) is 0 Å². The molecule has 6 heteroatoms. The van der Waals surface area contributed by atoms with E-state index in [1.54, 1.807) is 31.1 Å². The molecule has 0 spiro atoms. The summed E-state index contributed by atoms with van der Waals surface area (Å²) in [7, 11) is 1.72. The second kappa shape index (κ2) is 5.56. The Morgan fingerprint density at radius 2 is 2.20 bits per heavy atom. The quantitative estimate of drug-likeness (QED) is 0.843. The third kappa shape index (κ3) is 2.95. The first-order valence-electron chi connectivity index (χ1n) is 6.97. The van der Waals surface area contributed by atoms with Gasteiger partial charge in [0, 0.05) is 25.8 Å². The van der Waals surface area contributed by atoms with E-state index in [0.29, 0.717) is 24.0 Å². The van der Waals surface area contributed by atoms with Crippen LogP contribution in [0, 0.1) is 0 Å². The topological polar surface area (TPSA) is 80.4 Å². The van der Waals surface area contributed by atoms with Crippen LogP contribution in [0.3, 0.4) is 0 Å². The summed E-state index contributed by atoms with van der Waals surface area (Å²) in [5.74, 6) is -0.350. The van der Waals surface area contributed by atoms with Crippen LogP contribution in [-0.2, 0) is 4.79 Å². The van der Waals surface area contributed by atoms with E-state index < -0.39 is 6.04 Å². The lowest BCUT2D eigenvalue weighted by Crippen LogP contribution is -2.45. The summed E-state index contributed by atoms with van der Waals surface area (Å²) in [6.45, 7) is 4.20. The average molecular weight is 278 g/mol. The monoisotopic (exact) mass is 278 g/mol. The van der Waals surface area contributed by atoms with Gasteiger partial charge in [-0.2, -0.15) is 0 Å². The largest absolute Gasteiger partial charge is 0.397 e. The minimum atomic E-state index is -0.545. The van der Waals surface area contributed by atoms with E-state index in [1.807, 2.05) is 11.5 Å². The Bertz CT molecular complexity index is 519. The van der Waals surface area contributed by atoms with E-state index in [-0.39, 0.29) is 11.8 Å². The van der Waals surface area contributed by atoms with Crippen LogP contribution in [0.4, 0.5) is 5.69 Å². The second-order valence-electron chi connectivity index (χ2n) is 5.34. The number of aromatic nitrogens is 1. The number of hydrogen-bond donors (Lipinski definition) is 2. The summed E-state index contributed by atoms with van der Waals surface area (Å²) >= 11 is 0. The molecule has 3 N–H and O–H groups in total. The van der Waals surface area contributed by atoms with Crippen LogP contribution in [0.2, 0.25) is 0 Å². The van der Waals surface area contributed by atoms with Gasteiger partial charge in [-0.15, -0.1) is 0 Å². The number of nitrogens with two attached hydrogens (primary N) is 1. The zero-order chi connectivity index (χ0) is 14.9. The third-order valence-electron chi connectivity index (χ3n) is 3.61. The predicted molar refractivity (Wildman–Crippen MR) is 77.4 cm³/mol. The SMILES string of the molecule is CCN(C)C(=O)C(C)NC(=O)c1cc(N)cn1C1CC1. The van der Waals surface area contributed by atoms with E-state index >= 15 is 0 Å². The van der Waals surface area contributed by atoms with Gasteiger partial charge < -0.3 is 20.5 Å². The van der Waals surface area contributed by atoms with Crippen LogP contribution >= 0.6 is 0 Å². The predicted octanol–water partition coefficient (Wildman–Crippen LogP) is 1.00. The van der Waals surface area contributed by atoms with Gasteiger partial charge >= 0.3 is 0 Å². The summed E-state index contributed by atoms with van der Waals surface area (Å²) < 4.78 is 1.91. The highest BCUT2D eigenvalue weighted by atomic mass is 16.2. The number of nitrogens with zero attached hydrogens (tertiary/aromatic N) is 2. The van der Waals surface area contributed by atoms with Crippen molar-refractivity contribution < 1.29 is 9.59 Å². The molecule has 20 heavy (non-hydrogen) atoms. The van der Waals surface area contributed by atoms with Gasteiger partial charge in [-0.3, -0.25) is 9.59 Å². The number of nitrogens with one attached hydrogen (secondary N) is 1. The molecule has 1 unspecified atom stereocenters. The lowest BCUT2D eigenvalue weighted by molar-refractivity contribution is -0.131. The van der Waals surface area contributed by atoms with Crippen LogP contribution in [0.15, 0.2) is 12.3 Å². The van der Waals surface area contributed by atoms with Crippen molar-refractivity contribution in [2.45, 2.75) is 38.8 Å². The van der Waals surface area contributed by atoms with Gasteiger partial charge in [-0.25, -0.2) is 0 Å². The van der Waals surface area contributed by atoms with Gasteiger partial charge in [0.15, 0.2) is 0 Å². The van der Waals surface area contributed by atoms with E-state index in [9.17, 15) is 9.59 Å². The number of anilines is 1. The van der Waals surface area contributed by atoms with Crippen molar-refractivity contribution in [3.05, 3.63) is 18.0 Å². The Morgan fingerprint density at radius 3 is 2.75 bits per heavy atom. The molecule has 0 radical (unpaired) electrons. The van der Waals surface area contributed by atoms with Crippen LogP contribution < -0.4 is 11.1 Å². The van der Waals surface area contributed by atoms with Crippen molar-refractivity contribution in [1.29, 1.82) is 0 Å². The van der Waals surface area contributed by atoms with Crippen molar-refractivity contribution in [3.63, 3.8) is 0 Å². The lowest BCUT2D eigenvalue weighted by atomic mass is 10.2. The molecule has 1 fully saturated rings. The Morgan fingerprint density at radius 1 is 1.55 bits per heavy atom. The molecule has 1 aliphatic rings. The maximum absolute atomic E-state index is 12.3. The molecule has 110 valence electrons. The number of amides is 2. The average Bonchev–Trinajstić information content (AvgIpc) is 3.19. The molecule has 0 aliphatic heterocycles. The minimum absolute atomic E-state index is 0.0987. The Balaban J connectivity index is 2.06. The van der Waals surface area contributed by atoms with Crippen molar-refractivity contribution in [2.75, 3.05) is 19.3 Å². The summed E-state index contributed by atoms with van der Waals surface area (Å²) in [5, 5.41) is 2.74. The standard InChI is InChI=1S/C14H22N4O2/c1-4-17(3)14(20)9(2)16-13(19)12-7-10(15)8-18(12)11-5-6-11/h7-9,11H,4-6,15H2,1-3H3,(H,16,19). The highest BCUT2D eigenvalue weighted by molar-refractivity contribution is 5.97. The minimum Gasteiger partial charge on any atom is -0.397 e. The fourth-order valence-corrected chi connectivity index (χ4v) is 2.16. The Labute approximate surface area is 118 Å². The van der Waals surface area contributed by atoms with Gasteiger partial charge in [-0.05, 0) is 32.8 Å². The van der Waals surface area contributed by atoms with Gasteiger partial charge in [0.1, 0.15) is 11.7 Å². The Kier molecular flexibility index (Phi) is 4.01. The molecule has 0 aromatic carbocycles. The third-order valence-corrected chi connectivity index (χ3v) is 3.61. The number of likely N-dealkylation sites (N-methyl/N-ethyl adjacent to an activating group) is 1. The summed E-state index contributed by atoms with van der Waals surface area (Å²) in [4.78, 5) is 25.8. The van der Waals surface area contributed by atoms with Crippen molar-refractivity contribution in [2.24, 2.45) is 0 Å². The molecule has 1 atom stereocenters. The zero-order valence-electron chi connectivity index (χ0n) is 12.2. The molecular formula is C14H22N4O2. The zero-order valence-corrected chi connectivity index (χ0v) is 12.2. The van der Waals surface area contributed by atoms with Crippen LogP contribution in [0.1, 0.15) is 43.2 Å². The second-order valence-corrected chi connectivity index (χ2v) is 5.34. The number of hydrogen-bond acceptors (Lipinski definition) is 3. The molecule has 2 rings (SSSR count). The molecule has 1 aromatic rings. The van der Waals surface area contributed by atoms with Crippen molar-refractivity contribution in [1.82, 2.24) is 14.8 Å². The molecular weight excluding hydrogens is 256 g/mol. The summed E-state index contributed by atoms with van der Waals surface area (Å²) in [6, 6.07) is 1.49. The first-order valence-corrected chi connectivity index (χ1v) is 6.97. The van der Waals surface area contributed by atoms with E-state index in [1.165, 1.54) is 0 Å². The van der Waals surface area contributed by atoms with E-state index in [0.717, 1.165) is 12.8 Å². The van der Waals surface area contributed by atoms with E-state index in [2.05, 4.69) is 5.32 Å². The molecule has 1 heterocycles. The van der Waals surface area contributed by atoms with Crippen molar-refractivity contribution in [3.8, 4) is 0 Å². The van der Waals surface area contributed by atoms with Gasteiger partial charge in [0.05, 0.1) is 5.69 Å². The molecule has 1 aromatic heterocycles.